The van der Waals surface area contributed by atoms with Crippen molar-refractivity contribution in [1.29, 1.82) is 0 Å². The maximum atomic E-state index is 13.1. The zero-order valence-electron chi connectivity index (χ0n) is 9.90. The van der Waals surface area contributed by atoms with E-state index in [4.69, 9.17) is 16.3 Å². The molecule has 2 aromatic carbocycles. The van der Waals surface area contributed by atoms with Crippen molar-refractivity contribution in [3.8, 4) is 5.75 Å². The Bertz CT molecular complexity index is 723. The fourth-order valence-electron chi connectivity index (χ4n) is 1.93. The van der Waals surface area contributed by atoms with Gasteiger partial charge in [-0.15, -0.1) is 11.3 Å². The number of ether oxygens (including phenoxy) is 1. The molecule has 3 aromatic rings. The molecule has 0 aliphatic carbocycles. The van der Waals surface area contributed by atoms with Crippen molar-refractivity contribution in [2.75, 3.05) is 0 Å². The van der Waals surface area contributed by atoms with E-state index in [0.717, 1.165) is 20.7 Å². The van der Waals surface area contributed by atoms with E-state index in [1.165, 1.54) is 12.1 Å². The molecule has 0 saturated heterocycles. The van der Waals surface area contributed by atoms with Gasteiger partial charge in [-0.1, -0.05) is 23.7 Å². The van der Waals surface area contributed by atoms with Crippen LogP contribution in [0.1, 0.15) is 5.56 Å². The average molecular weight is 293 g/mol. The van der Waals surface area contributed by atoms with Gasteiger partial charge < -0.3 is 4.74 Å². The summed E-state index contributed by atoms with van der Waals surface area (Å²) < 4.78 is 19.8. The summed E-state index contributed by atoms with van der Waals surface area (Å²) >= 11 is 7.83. The van der Waals surface area contributed by atoms with E-state index in [-0.39, 0.29) is 5.82 Å². The molecule has 0 aliphatic heterocycles. The van der Waals surface area contributed by atoms with Crippen LogP contribution in [0.4, 0.5) is 4.39 Å². The van der Waals surface area contributed by atoms with Gasteiger partial charge >= 0.3 is 0 Å². The SMILES string of the molecule is Fc1cccc(OCc2csc3cccc(Cl)c23)c1. The standard InChI is InChI=1S/C15H10ClFOS/c16-13-5-2-6-14-15(13)10(9-19-14)8-18-12-4-1-3-11(17)7-12/h1-7,9H,8H2. The summed E-state index contributed by atoms with van der Waals surface area (Å²) in [5.74, 6) is 0.220. The summed E-state index contributed by atoms with van der Waals surface area (Å²) in [7, 11) is 0. The largest absolute Gasteiger partial charge is 0.489 e. The zero-order valence-corrected chi connectivity index (χ0v) is 11.5. The van der Waals surface area contributed by atoms with E-state index in [1.807, 2.05) is 23.6 Å². The molecule has 4 heteroatoms. The first-order valence-corrected chi connectivity index (χ1v) is 7.03. The van der Waals surface area contributed by atoms with Crippen LogP contribution >= 0.6 is 22.9 Å². The Kier molecular flexibility index (Phi) is 3.40. The van der Waals surface area contributed by atoms with E-state index in [0.29, 0.717) is 12.4 Å². The molecule has 0 amide bonds. The maximum Gasteiger partial charge on any atom is 0.126 e. The number of hydrogen-bond acceptors (Lipinski definition) is 2. The van der Waals surface area contributed by atoms with E-state index < -0.39 is 0 Å². The van der Waals surface area contributed by atoms with Crippen LogP contribution in [0.15, 0.2) is 47.8 Å². The Morgan fingerprint density at radius 1 is 1.16 bits per heavy atom. The normalized spacial score (nSPS) is 10.8. The fraction of sp³-hybridized carbons (Fsp3) is 0.0667. The molecule has 0 radical (unpaired) electrons. The van der Waals surface area contributed by atoms with Gasteiger partial charge in [0.25, 0.3) is 0 Å². The maximum absolute atomic E-state index is 13.1. The van der Waals surface area contributed by atoms with Crippen LogP contribution in [-0.2, 0) is 6.61 Å². The average Bonchev–Trinajstić information content (AvgIpc) is 2.81. The summed E-state index contributed by atoms with van der Waals surface area (Å²) in [5.41, 5.74) is 1.02. The third-order valence-corrected chi connectivity index (χ3v) is 4.13. The number of halogens is 2. The van der Waals surface area contributed by atoms with Crippen molar-refractivity contribution in [3.63, 3.8) is 0 Å². The number of rotatable bonds is 3. The lowest BCUT2D eigenvalue weighted by atomic mass is 10.2. The highest BCUT2D eigenvalue weighted by atomic mass is 35.5. The van der Waals surface area contributed by atoms with Crippen molar-refractivity contribution in [1.82, 2.24) is 0 Å². The van der Waals surface area contributed by atoms with Crippen LogP contribution in [0.3, 0.4) is 0 Å². The lowest BCUT2D eigenvalue weighted by Gasteiger charge is -2.06. The fourth-order valence-corrected chi connectivity index (χ4v) is 3.25. The summed E-state index contributed by atoms with van der Waals surface area (Å²) in [6.07, 6.45) is 0. The molecule has 96 valence electrons. The molecule has 0 unspecified atom stereocenters. The molecule has 0 saturated carbocycles. The molecule has 1 aromatic heterocycles. The monoisotopic (exact) mass is 292 g/mol. The molecule has 0 aliphatic rings. The Morgan fingerprint density at radius 2 is 2.00 bits per heavy atom. The minimum Gasteiger partial charge on any atom is -0.489 e. The third-order valence-electron chi connectivity index (χ3n) is 2.82. The van der Waals surface area contributed by atoms with E-state index in [2.05, 4.69) is 0 Å². The van der Waals surface area contributed by atoms with E-state index in [9.17, 15) is 4.39 Å². The topological polar surface area (TPSA) is 9.23 Å². The van der Waals surface area contributed by atoms with Crippen LogP contribution in [0.25, 0.3) is 10.1 Å². The summed E-state index contributed by atoms with van der Waals surface area (Å²) in [6.45, 7) is 0.382. The summed E-state index contributed by atoms with van der Waals surface area (Å²) in [4.78, 5) is 0. The number of fused-ring (bicyclic) bond motifs is 1. The molecule has 19 heavy (non-hydrogen) atoms. The minimum absolute atomic E-state index is 0.300. The Labute approximate surface area is 119 Å². The van der Waals surface area contributed by atoms with Gasteiger partial charge in [0.2, 0.25) is 0 Å². The van der Waals surface area contributed by atoms with Gasteiger partial charge in [0.15, 0.2) is 0 Å². The van der Waals surface area contributed by atoms with Gasteiger partial charge in [0.1, 0.15) is 18.2 Å². The smallest absolute Gasteiger partial charge is 0.126 e. The molecule has 0 spiro atoms. The highest BCUT2D eigenvalue weighted by Gasteiger charge is 2.08. The van der Waals surface area contributed by atoms with Crippen LogP contribution in [0.5, 0.6) is 5.75 Å². The van der Waals surface area contributed by atoms with Gasteiger partial charge in [-0.05, 0) is 29.6 Å². The van der Waals surface area contributed by atoms with Gasteiger partial charge in [-0.2, -0.15) is 0 Å². The molecule has 0 fully saturated rings. The quantitative estimate of drug-likeness (QED) is 0.639. The third kappa shape index (κ3) is 2.57. The highest BCUT2D eigenvalue weighted by molar-refractivity contribution is 7.17. The molecule has 3 rings (SSSR count). The Morgan fingerprint density at radius 3 is 2.84 bits per heavy atom. The molecule has 0 atom stereocenters. The molecular weight excluding hydrogens is 283 g/mol. The van der Waals surface area contributed by atoms with Gasteiger partial charge in [0.05, 0.1) is 0 Å². The van der Waals surface area contributed by atoms with Crippen molar-refractivity contribution < 1.29 is 9.13 Å². The van der Waals surface area contributed by atoms with Crippen molar-refractivity contribution >= 4 is 33.0 Å². The first-order chi connectivity index (χ1) is 9.24. The lowest BCUT2D eigenvalue weighted by molar-refractivity contribution is 0.306. The minimum atomic E-state index is -0.300. The van der Waals surface area contributed by atoms with E-state index >= 15 is 0 Å². The summed E-state index contributed by atoms with van der Waals surface area (Å²) in [5, 5.41) is 3.76. The summed E-state index contributed by atoms with van der Waals surface area (Å²) in [6, 6.07) is 11.9. The number of hydrogen-bond donors (Lipinski definition) is 0. The van der Waals surface area contributed by atoms with Crippen LogP contribution in [0, 0.1) is 5.82 Å². The van der Waals surface area contributed by atoms with Crippen LogP contribution in [0.2, 0.25) is 5.02 Å². The molecule has 0 bridgehead atoms. The molecule has 1 heterocycles. The number of benzene rings is 2. The zero-order chi connectivity index (χ0) is 13.2. The predicted molar refractivity (Wildman–Crippen MR) is 77.6 cm³/mol. The first kappa shape index (κ1) is 12.5. The Hall–Kier alpha value is -1.58. The van der Waals surface area contributed by atoms with E-state index in [1.54, 1.807) is 23.5 Å². The predicted octanol–water partition coefficient (Wildman–Crippen LogP) is 5.27. The first-order valence-electron chi connectivity index (χ1n) is 5.77. The van der Waals surface area contributed by atoms with Crippen LogP contribution < -0.4 is 4.74 Å². The number of thiophene rings is 1. The van der Waals surface area contributed by atoms with Gasteiger partial charge in [0, 0.05) is 26.7 Å². The lowest BCUT2D eigenvalue weighted by Crippen LogP contribution is -1.94. The second-order valence-corrected chi connectivity index (χ2v) is 5.44. The second kappa shape index (κ2) is 5.19. The molecular formula is C15H10ClFOS. The Balaban J connectivity index is 1.86. The van der Waals surface area contributed by atoms with Crippen molar-refractivity contribution in [3.05, 3.63) is 64.2 Å². The highest BCUT2D eigenvalue weighted by Crippen LogP contribution is 2.32. The van der Waals surface area contributed by atoms with Crippen molar-refractivity contribution in [2.45, 2.75) is 6.61 Å². The van der Waals surface area contributed by atoms with Gasteiger partial charge in [-0.25, -0.2) is 4.39 Å². The van der Waals surface area contributed by atoms with Crippen molar-refractivity contribution in [2.24, 2.45) is 0 Å². The van der Waals surface area contributed by atoms with Gasteiger partial charge in [-0.3, -0.25) is 0 Å². The molecule has 1 nitrogen and oxygen atoms in total. The van der Waals surface area contributed by atoms with Crippen LogP contribution in [-0.4, -0.2) is 0 Å². The molecule has 0 N–H and O–H groups in total. The second-order valence-electron chi connectivity index (χ2n) is 4.12.